The lowest BCUT2D eigenvalue weighted by atomic mass is 10.0. The molecule has 4 aromatic rings. The first-order valence-electron chi connectivity index (χ1n) is 12.1. The summed E-state index contributed by atoms with van der Waals surface area (Å²) in [7, 11) is 4.00. The van der Waals surface area contributed by atoms with E-state index in [2.05, 4.69) is 41.3 Å². The van der Waals surface area contributed by atoms with Crippen LogP contribution in [0.1, 0.15) is 40.9 Å². The first-order chi connectivity index (χ1) is 17.0. The summed E-state index contributed by atoms with van der Waals surface area (Å²) in [4.78, 5) is 26.4. The van der Waals surface area contributed by atoms with Crippen molar-refractivity contribution in [2.24, 2.45) is 0 Å². The average Bonchev–Trinajstić information content (AvgIpc) is 3.28. The minimum atomic E-state index is -0.269. The first-order valence-corrected chi connectivity index (χ1v) is 12.1. The molecule has 1 aromatic carbocycles. The molecule has 1 amide bonds. The summed E-state index contributed by atoms with van der Waals surface area (Å²) in [5.41, 5.74) is 6.10. The number of carbonyl (C=O) groups excluding carboxylic acids is 1. The monoisotopic (exact) mass is 469 g/mol. The molecule has 180 valence electrons. The standard InChI is InChI=1S/C27H31N7O/c1-33(2)17-20-11-23(16-29-14-20)30-27(35)26-24-12-21(6-7-25(24)31-32-26)22-10-19(13-28-15-22)18-34-8-4-3-5-9-34/h6-7,10-16H,3-5,8-9,17-18H2,1-2H3,(H,30,35)(H,31,32). The fourth-order valence-corrected chi connectivity index (χ4v) is 4.67. The number of fused-ring (bicyclic) bond motifs is 1. The molecule has 8 heteroatoms. The van der Waals surface area contributed by atoms with Crippen LogP contribution >= 0.6 is 0 Å². The number of nitrogens with one attached hydrogen (secondary N) is 2. The van der Waals surface area contributed by atoms with Gasteiger partial charge in [-0.25, -0.2) is 0 Å². The summed E-state index contributed by atoms with van der Waals surface area (Å²) < 4.78 is 0. The Morgan fingerprint density at radius 1 is 0.971 bits per heavy atom. The Kier molecular flexibility index (Phi) is 6.83. The predicted molar refractivity (Wildman–Crippen MR) is 138 cm³/mol. The maximum Gasteiger partial charge on any atom is 0.276 e. The van der Waals surface area contributed by atoms with Gasteiger partial charge in [-0.1, -0.05) is 12.5 Å². The second-order valence-electron chi connectivity index (χ2n) is 9.53. The van der Waals surface area contributed by atoms with Gasteiger partial charge in [0.1, 0.15) is 0 Å². The van der Waals surface area contributed by atoms with E-state index < -0.39 is 0 Å². The quantitative estimate of drug-likeness (QED) is 0.419. The largest absolute Gasteiger partial charge is 0.319 e. The molecule has 2 N–H and O–H groups in total. The molecule has 3 aromatic heterocycles. The van der Waals surface area contributed by atoms with Crippen molar-refractivity contribution in [3.8, 4) is 11.1 Å². The number of hydrogen-bond acceptors (Lipinski definition) is 6. The van der Waals surface area contributed by atoms with Crippen molar-refractivity contribution in [1.29, 1.82) is 0 Å². The van der Waals surface area contributed by atoms with Gasteiger partial charge in [-0.05, 0) is 81.0 Å². The van der Waals surface area contributed by atoms with Crippen LogP contribution in [0, 0.1) is 0 Å². The maximum absolute atomic E-state index is 13.1. The number of hydrogen-bond donors (Lipinski definition) is 2. The Bertz CT molecular complexity index is 1320. The average molecular weight is 470 g/mol. The number of benzene rings is 1. The number of piperidine rings is 1. The number of amides is 1. The lowest BCUT2D eigenvalue weighted by molar-refractivity contribution is 0.102. The van der Waals surface area contributed by atoms with Gasteiger partial charge in [0.15, 0.2) is 5.69 Å². The molecule has 1 aliphatic rings. The van der Waals surface area contributed by atoms with Crippen LogP contribution < -0.4 is 5.32 Å². The molecular formula is C27H31N7O. The lowest BCUT2D eigenvalue weighted by Crippen LogP contribution is -2.29. The number of nitrogens with zero attached hydrogens (tertiary/aromatic N) is 5. The minimum Gasteiger partial charge on any atom is -0.319 e. The molecule has 0 aliphatic carbocycles. The van der Waals surface area contributed by atoms with Crippen LogP contribution in [-0.2, 0) is 13.1 Å². The van der Waals surface area contributed by atoms with Gasteiger partial charge in [0.2, 0.25) is 0 Å². The van der Waals surface area contributed by atoms with E-state index >= 15 is 0 Å². The Balaban J connectivity index is 1.37. The second kappa shape index (κ2) is 10.3. The topological polar surface area (TPSA) is 90.0 Å². The van der Waals surface area contributed by atoms with Crippen LogP contribution in [0.4, 0.5) is 5.69 Å². The Hall–Kier alpha value is -3.62. The number of rotatable bonds is 7. The molecule has 5 rings (SSSR count). The van der Waals surface area contributed by atoms with Crippen molar-refractivity contribution < 1.29 is 4.79 Å². The second-order valence-corrected chi connectivity index (χ2v) is 9.53. The van der Waals surface area contributed by atoms with E-state index in [-0.39, 0.29) is 5.91 Å². The number of H-pyrrole nitrogens is 1. The van der Waals surface area contributed by atoms with E-state index in [1.807, 2.05) is 50.8 Å². The van der Waals surface area contributed by atoms with Crippen molar-refractivity contribution >= 4 is 22.5 Å². The highest BCUT2D eigenvalue weighted by Crippen LogP contribution is 2.27. The fourth-order valence-electron chi connectivity index (χ4n) is 4.67. The van der Waals surface area contributed by atoms with Crippen LogP contribution in [0.25, 0.3) is 22.0 Å². The number of aromatic amines is 1. The minimum absolute atomic E-state index is 0.269. The van der Waals surface area contributed by atoms with Gasteiger partial charge in [0, 0.05) is 42.6 Å². The summed E-state index contributed by atoms with van der Waals surface area (Å²) in [6.45, 7) is 3.97. The molecule has 1 aliphatic heterocycles. The van der Waals surface area contributed by atoms with Gasteiger partial charge in [-0.2, -0.15) is 5.10 Å². The predicted octanol–water partition coefficient (Wildman–Crippen LogP) is 4.32. The molecule has 0 radical (unpaired) electrons. The van der Waals surface area contributed by atoms with E-state index in [1.54, 1.807) is 12.4 Å². The highest BCUT2D eigenvalue weighted by Gasteiger charge is 2.16. The summed E-state index contributed by atoms with van der Waals surface area (Å²) in [5.74, 6) is -0.269. The number of pyridine rings is 2. The molecule has 0 spiro atoms. The van der Waals surface area contributed by atoms with Gasteiger partial charge in [0.05, 0.1) is 17.4 Å². The van der Waals surface area contributed by atoms with Gasteiger partial charge in [-0.15, -0.1) is 0 Å². The fraction of sp³-hybridized carbons (Fsp3) is 0.333. The van der Waals surface area contributed by atoms with Gasteiger partial charge in [-0.3, -0.25) is 24.8 Å². The van der Waals surface area contributed by atoms with E-state index in [0.29, 0.717) is 11.4 Å². The molecule has 8 nitrogen and oxygen atoms in total. The van der Waals surface area contributed by atoms with Crippen LogP contribution in [0.2, 0.25) is 0 Å². The van der Waals surface area contributed by atoms with Crippen LogP contribution in [-0.4, -0.2) is 63.1 Å². The number of anilines is 1. The smallest absolute Gasteiger partial charge is 0.276 e. The molecule has 0 bridgehead atoms. The summed E-state index contributed by atoms with van der Waals surface area (Å²) in [5, 5.41) is 11.0. The Morgan fingerprint density at radius 2 is 1.77 bits per heavy atom. The van der Waals surface area contributed by atoms with Gasteiger partial charge < -0.3 is 10.2 Å². The highest BCUT2D eigenvalue weighted by atomic mass is 16.1. The molecule has 0 saturated carbocycles. The lowest BCUT2D eigenvalue weighted by Gasteiger charge is -2.26. The number of aromatic nitrogens is 4. The third-order valence-corrected chi connectivity index (χ3v) is 6.31. The van der Waals surface area contributed by atoms with E-state index in [1.165, 1.54) is 24.8 Å². The van der Waals surface area contributed by atoms with Crippen molar-refractivity contribution in [2.75, 3.05) is 32.5 Å². The molecule has 1 saturated heterocycles. The molecule has 1 fully saturated rings. The summed E-state index contributed by atoms with van der Waals surface area (Å²) in [6.07, 6.45) is 11.1. The van der Waals surface area contributed by atoms with E-state index in [9.17, 15) is 4.79 Å². The van der Waals surface area contributed by atoms with Gasteiger partial charge in [0.25, 0.3) is 5.91 Å². The number of likely N-dealkylation sites (tertiary alicyclic amines) is 1. The van der Waals surface area contributed by atoms with Crippen molar-refractivity contribution in [3.63, 3.8) is 0 Å². The summed E-state index contributed by atoms with van der Waals surface area (Å²) in [6, 6.07) is 10.1. The van der Waals surface area contributed by atoms with Crippen molar-refractivity contribution in [1.82, 2.24) is 30.0 Å². The summed E-state index contributed by atoms with van der Waals surface area (Å²) >= 11 is 0. The molecule has 35 heavy (non-hydrogen) atoms. The Morgan fingerprint density at radius 3 is 2.60 bits per heavy atom. The highest BCUT2D eigenvalue weighted by molar-refractivity contribution is 6.11. The van der Waals surface area contributed by atoms with Crippen molar-refractivity contribution in [3.05, 3.63) is 71.9 Å². The van der Waals surface area contributed by atoms with Crippen molar-refractivity contribution in [2.45, 2.75) is 32.4 Å². The first kappa shape index (κ1) is 23.1. The maximum atomic E-state index is 13.1. The van der Waals surface area contributed by atoms with Gasteiger partial charge >= 0.3 is 0 Å². The third kappa shape index (κ3) is 5.55. The van der Waals surface area contributed by atoms with Crippen LogP contribution in [0.3, 0.4) is 0 Å². The van der Waals surface area contributed by atoms with E-state index in [0.717, 1.165) is 53.8 Å². The van der Waals surface area contributed by atoms with Crippen LogP contribution in [0.5, 0.6) is 0 Å². The third-order valence-electron chi connectivity index (χ3n) is 6.31. The zero-order valence-electron chi connectivity index (χ0n) is 20.3. The van der Waals surface area contributed by atoms with E-state index in [4.69, 9.17) is 0 Å². The SMILES string of the molecule is CN(C)Cc1cncc(NC(=O)c2n[nH]c3ccc(-c4cncc(CN5CCCCC5)c4)cc23)c1. The van der Waals surface area contributed by atoms with Crippen LogP contribution in [0.15, 0.2) is 55.1 Å². The molecular weight excluding hydrogens is 438 g/mol. The zero-order chi connectivity index (χ0) is 24.2. The number of carbonyl (C=O) groups is 1. The molecule has 4 heterocycles. The molecule has 0 unspecified atom stereocenters. The Labute approximate surface area is 205 Å². The zero-order valence-corrected chi connectivity index (χ0v) is 20.3. The normalized spacial score (nSPS) is 14.5. The molecule has 0 atom stereocenters.